The van der Waals surface area contributed by atoms with Crippen LogP contribution in [0.1, 0.15) is 20.3 Å². The van der Waals surface area contributed by atoms with E-state index in [9.17, 15) is 4.79 Å². The maximum atomic E-state index is 10.7. The van der Waals surface area contributed by atoms with Crippen molar-refractivity contribution >= 4 is 28.6 Å². The molecule has 4 heteroatoms. The van der Waals surface area contributed by atoms with Gasteiger partial charge in [0, 0.05) is 12.5 Å². The molecule has 2 atom stereocenters. The lowest BCUT2D eigenvalue weighted by Gasteiger charge is -2.17. The highest BCUT2D eigenvalue weighted by atomic mass is 127. The molecule has 0 aliphatic heterocycles. The lowest BCUT2D eigenvalue weighted by molar-refractivity contribution is -0.174. The van der Waals surface area contributed by atoms with Crippen LogP contribution in [0.25, 0.3) is 0 Å². The Hall–Kier alpha value is -0.100. The Labute approximate surface area is 86.3 Å². The highest BCUT2D eigenvalue weighted by Gasteiger charge is 2.12. The van der Waals surface area contributed by atoms with Crippen molar-refractivity contribution in [2.24, 2.45) is 0 Å². The average Bonchev–Trinajstić information content (AvgIpc) is 2.02. The molecule has 0 amide bonds. The molecule has 0 aliphatic carbocycles. The first-order valence-electron chi connectivity index (χ1n) is 3.72. The summed E-state index contributed by atoms with van der Waals surface area (Å²) in [6.07, 6.45) is 1.32. The molecule has 0 N–H and O–H groups in total. The van der Waals surface area contributed by atoms with E-state index in [4.69, 9.17) is 9.47 Å². The summed E-state index contributed by atoms with van der Waals surface area (Å²) < 4.78 is 10.2. The first-order chi connectivity index (χ1) is 5.60. The van der Waals surface area contributed by atoms with Crippen LogP contribution in [0.3, 0.4) is 0 Å². The fourth-order valence-corrected chi connectivity index (χ4v) is 0.922. The van der Waals surface area contributed by atoms with Crippen molar-refractivity contribution < 1.29 is 14.3 Å². The van der Waals surface area contributed by atoms with Gasteiger partial charge in [0.15, 0.2) is 0 Å². The van der Waals surface area contributed by atoms with Crippen molar-refractivity contribution in [1.29, 1.82) is 0 Å². The van der Waals surface area contributed by atoms with Gasteiger partial charge in [-0.2, -0.15) is 0 Å². The van der Waals surface area contributed by atoms with E-state index in [1.54, 1.807) is 0 Å². The molecule has 0 saturated carbocycles. The molecule has 3 nitrogen and oxygen atoms in total. The zero-order chi connectivity index (χ0) is 9.56. The first kappa shape index (κ1) is 11.9. The summed E-state index contributed by atoms with van der Waals surface area (Å²) in [5, 5.41) is 0. The number of rotatable bonds is 5. The van der Waals surface area contributed by atoms with E-state index < -0.39 is 12.3 Å². The number of carbonyl (C=O) groups is 1. The molecule has 0 saturated heterocycles. The lowest BCUT2D eigenvalue weighted by Crippen LogP contribution is -2.21. The molecule has 0 bridgehead atoms. The highest BCUT2D eigenvalue weighted by Crippen LogP contribution is 2.09. The molecule has 70 valence electrons. The number of alkyl halides is 1. The van der Waals surface area contributed by atoms with Crippen LogP contribution in [-0.2, 0) is 14.3 Å². The smallest absolute Gasteiger partial charge is 0.332 e. The molecular formula is C8H13IO3. The van der Waals surface area contributed by atoms with Gasteiger partial charge in [-0.05, 0) is 6.92 Å². The molecule has 0 radical (unpaired) electrons. The minimum Gasteiger partial charge on any atom is -0.433 e. The summed E-state index contributed by atoms with van der Waals surface area (Å²) in [5.74, 6) is -0.445. The molecule has 2 unspecified atom stereocenters. The third-order valence-electron chi connectivity index (χ3n) is 1.09. The van der Waals surface area contributed by atoms with Gasteiger partial charge < -0.3 is 9.47 Å². The van der Waals surface area contributed by atoms with Crippen molar-refractivity contribution in [3.63, 3.8) is 0 Å². The molecule has 0 heterocycles. The molecular weight excluding hydrogens is 271 g/mol. The predicted octanol–water partition coefficient (Wildman–Crippen LogP) is 2.25. The maximum Gasteiger partial charge on any atom is 0.332 e. The van der Waals surface area contributed by atoms with Gasteiger partial charge in [0.25, 0.3) is 0 Å². The molecule has 0 aromatic rings. The topological polar surface area (TPSA) is 35.5 Å². The first-order valence-corrected chi connectivity index (χ1v) is 4.97. The van der Waals surface area contributed by atoms with Crippen LogP contribution in [0.4, 0.5) is 0 Å². The van der Waals surface area contributed by atoms with Gasteiger partial charge in [-0.25, -0.2) is 4.79 Å². The average molecular weight is 284 g/mol. The number of carbonyl (C=O) groups excluding carboxylic acids is 1. The Balaban J connectivity index is 3.82. The standard InChI is InChI=1S/C8H13IO3/c1-4-7(10)12-8(5-2)11-6(3)9/h4,6,8H,1,5H2,2-3H3. The monoisotopic (exact) mass is 284 g/mol. The Kier molecular flexibility index (Phi) is 6.37. The number of halogens is 1. The van der Waals surface area contributed by atoms with Crippen LogP contribution in [0, 0.1) is 0 Å². The second-order valence-corrected chi connectivity index (χ2v) is 3.91. The van der Waals surface area contributed by atoms with Gasteiger partial charge in [-0.3, -0.25) is 0 Å². The third kappa shape index (κ3) is 5.54. The molecule has 0 aromatic carbocycles. The summed E-state index contributed by atoms with van der Waals surface area (Å²) in [7, 11) is 0. The Bertz CT molecular complexity index is 156. The van der Waals surface area contributed by atoms with E-state index in [0.717, 1.165) is 6.08 Å². The van der Waals surface area contributed by atoms with E-state index >= 15 is 0 Å². The second kappa shape index (κ2) is 6.42. The van der Waals surface area contributed by atoms with Crippen molar-refractivity contribution in [2.75, 3.05) is 0 Å². The molecule has 0 aromatic heterocycles. The zero-order valence-electron chi connectivity index (χ0n) is 7.25. The van der Waals surface area contributed by atoms with Crippen LogP contribution in [0.5, 0.6) is 0 Å². The van der Waals surface area contributed by atoms with Crippen LogP contribution < -0.4 is 0 Å². The second-order valence-electron chi connectivity index (χ2n) is 2.16. The van der Waals surface area contributed by atoms with E-state index in [0.29, 0.717) is 6.42 Å². The lowest BCUT2D eigenvalue weighted by atomic mass is 10.5. The van der Waals surface area contributed by atoms with Crippen molar-refractivity contribution in [1.82, 2.24) is 0 Å². The largest absolute Gasteiger partial charge is 0.433 e. The van der Waals surface area contributed by atoms with Crippen molar-refractivity contribution in [3.8, 4) is 0 Å². The summed E-state index contributed by atoms with van der Waals surface area (Å²) >= 11 is 2.10. The molecule has 0 spiro atoms. The quantitative estimate of drug-likeness (QED) is 0.255. The minimum atomic E-state index is -0.456. The summed E-state index contributed by atoms with van der Waals surface area (Å²) in [6, 6.07) is 0. The number of ether oxygens (including phenoxy) is 2. The fraction of sp³-hybridized carbons (Fsp3) is 0.625. The predicted molar refractivity (Wildman–Crippen MR) is 54.9 cm³/mol. The summed E-state index contributed by atoms with van der Waals surface area (Å²) in [5.41, 5.74) is 0. The van der Waals surface area contributed by atoms with E-state index in [1.807, 2.05) is 13.8 Å². The van der Waals surface area contributed by atoms with Gasteiger partial charge in [0.1, 0.15) is 4.11 Å². The summed E-state index contributed by atoms with van der Waals surface area (Å²) in [6.45, 7) is 7.06. The number of esters is 1. The fourth-order valence-electron chi connectivity index (χ4n) is 0.594. The zero-order valence-corrected chi connectivity index (χ0v) is 9.41. The van der Waals surface area contributed by atoms with Crippen molar-refractivity contribution in [3.05, 3.63) is 12.7 Å². The number of hydrogen-bond donors (Lipinski definition) is 0. The Morgan fingerprint density at radius 3 is 2.67 bits per heavy atom. The van der Waals surface area contributed by atoms with Crippen LogP contribution in [0.2, 0.25) is 0 Å². The van der Waals surface area contributed by atoms with Gasteiger partial charge in [-0.1, -0.05) is 36.1 Å². The van der Waals surface area contributed by atoms with Gasteiger partial charge in [0.05, 0.1) is 0 Å². The van der Waals surface area contributed by atoms with E-state index in [1.165, 1.54) is 0 Å². The van der Waals surface area contributed by atoms with Crippen LogP contribution >= 0.6 is 22.6 Å². The van der Waals surface area contributed by atoms with Gasteiger partial charge in [0.2, 0.25) is 6.29 Å². The summed E-state index contributed by atoms with van der Waals surface area (Å²) in [4.78, 5) is 10.7. The molecule has 0 aliphatic rings. The van der Waals surface area contributed by atoms with E-state index in [2.05, 4.69) is 29.2 Å². The normalized spacial score (nSPS) is 14.9. The number of hydrogen-bond acceptors (Lipinski definition) is 3. The Morgan fingerprint density at radius 2 is 2.33 bits per heavy atom. The highest BCUT2D eigenvalue weighted by molar-refractivity contribution is 14.1. The van der Waals surface area contributed by atoms with Gasteiger partial charge in [-0.15, -0.1) is 0 Å². The molecule has 0 rings (SSSR count). The van der Waals surface area contributed by atoms with E-state index in [-0.39, 0.29) is 4.11 Å². The van der Waals surface area contributed by atoms with Crippen molar-refractivity contribution in [2.45, 2.75) is 30.7 Å². The molecule has 0 fully saturated rings. The third-order valence-corrected chi connectivity index (χ3v) is 1.38. The maximum absolute atomic E-state index is 10.7. The van der Waals surface area contributed by atoms with Gasteiger partial charge >= 0.3 is 5.97 Å². The van der Waals surface area contributed by atoms with Crippen LogP contribution in [-0.4, -0.2) is 16.4 Å². The Morgan fingerprint density at radius 1 is 1.75 bits per heavy atom. The minimum absolute atomic E-state index is 0.0326. The van der Waals surface area contributed by atoms with Crippen LogP contribution in [0.15, 0.2) is 12.7 Å². The molecule has 12 heavy (non-hydrogen) atoms. The SMILES string of the molecule is C=CC(=O)OC(CC)OC(C)I.